The minimum Gasteiger partial charge on any atom is -0.232 e. The molecule has 0 atom stereocenters. The molecule has 2 rings (SSSR count). The van der Waals surface area contributed by atoms with E-state index in [9.17, 15) is 13.2 Å². The fraction of sp³-hybridized carbons (Fsp3) is 0.0769. The van der Waals surface area contributed by atoms with Crippen LogP contribution in [0, 0.1) is 11.3 Å². The first-order valence-electron chi connectivity index (χ1n) is 5.37. The van der Waals surface area contributed by atoms with Gasteiger partial charge in [0, 0.05) is 11.1 Å². The molecule has 1 aromatic heterocycles. The van der Waals surface area contributed by atoms with Crippen molar-refractivity contribution in [2.45, 2.75) is 6.18 Å². The lowest BCUT2D eigenvalue weighted by Crippen LogP contribution is -2.09. The Bertz CT molecular complexity index is 752. The van der Waals surface area contributed by atoms with Gasteiger partial charge in [0.05, 0.1) is 15.1 Å². The van der Waals surface area contributed by atoms with Gasteiger partial charge in [-0.05, 0) is 24.3 Å². The van der Waals surface area contributed by atoms with Crippen LogP contribution in [0.25, 0.3) is 11.1 Å². The zero-order chi connectivity index (χ0) is 15.8. The van der Waals surface area contributed by atoms with Crippen molar-refractivity contribution >= 4 is 34.8 Å². The molecule has 0 radical (unpaired) electrons. The average Bonchev–Trinajstić information content (AvgIpc) is 2.41. The first kappa shape index (κ1) is 15.9. The molecular weight excluding hydrogens is 348 g/mol. The molecule has 1 heterocycles. The van der Waals surface area contributed by atoms with Gasteiger partial charge in [0.2, 0.25) is 0 Å². The van der Waals surface area contributed by atoms with Crippen LogP contribution in [0.2, 0.25) is 15.1 Å². The van der Waals surface area contributed by atoms with E-state index in [2.05, 4.69) is 4.98 Å². The number of hydrogen-bond donors (Lipinski definition) is 0. The van der Waals surface area contributed by atoms with Gasteiger partial charge in [-0.2, -0.15) is 18.4 Å². The molecule has 0 aliphatic rings. The average molecular weight is 352 g/mol. The van der Waals surface area contributed by atoms with Gasteiger partial charge in [-0.3, -0.25) is 0 Å². The van der Waals surface area contributed by atoms with Crippen molar-refractivity contribution in [2.75, 3.05) is 0 Å². The predicted octanol–water partition coefficient (Wildman–Crippen LogP) is 5.60. The number of rotatable bonds is 1. The van der Waals surface area contributed by atoms with Crippen LogP contribution in [0.4, 0.5) is 13.2 Å². The molecule has 2 aromatic rings. The highest BCUT2D eigenvalue weighted by Crippen LogP contribution is 2.37. The number of pyridine rings is 1. The molecule has 21 heavy (non-hydrogen) atoms. The van der Waals surface area contributed by atoms with E-state index < -0.39 is 17.6 Å². The number of alkyl halides is 3. The maximum atomic E-state index is 12.6. The van der Waals surface area contributed by atoms with Crippen LogP contribution >= 0.6 is 34.8 Å². The van der Waals surface area contributed by atoms with Crippen molar-refractivity contribution in [2.24, 2.45) is 0 Å². The van der Waals surface area contributed by atoms with Crippen LogP contribution in [0.3, 0.4) is 0 Å². The van der Waals surface area contributed by atoms with Crippen molar-refractivity contribution in [1.82, 2.24) is 4.98 Å². The standard InChI is InChI=1S/C13H4Cl3F3N2/c14-8-4-10(16)9(15)3-7(8)6-1-2-12(13(17,18)19)21-11(6)5-20/h1-4H. The topological polar surface area (TPSA) is 36.7 Å². The normalized spacial score (nSPS) is 11.3. The zero-order valence-corrected chi connectivity index (χ0v) is 12.2. The van der Waals surface area contributed by atoms with Crippen LogP contribution in [0.5, 0.6) is 0 Å². The largest absolute Gasteiger partial charge is 0.433 e. The van der Waals surface area contributed by atoms with Crippen molar-refractivity contribution in [3.05, 3.63) is 50.7 Å². The van der Waals surface area contributed by atoms with Gasteiger partial charge < -0.3 is 0 Å². The summed E-state index contributed by atoms with van der Waals surface area (Å²) in [7, 11) is 0. The third kappa shape index (κ3) is 3.24. The second-order valence-corrected chi connectivity index (χ2v) is 5.17. The lowest BCUT2D eigenvalue weighted by atomic mass is 10.0. The summed E-state index contributed by atoms with van der Waals surface area (Å²) < 4.78 is 37.8. The zero-order valence-electron chi connectivity index (χ0n) is 9.97. The number of nitrogens with zero attached hydrogens (tertiary/aromatic N) is 2. The second-order valence-electron chi connectivity index (χ2n) is 3.95. The fourth-order valence-corrected chi connectivity index (χ4v) is 2.30. The van der Waals surface area contributed by atoms with Gasteiger partial charge in [0.15, 0.2) is 0 Å². The molecule has 108 valence electrons. The van der Waals surface area contributed by atoms with Crippen molar-refractivity contribution < 1.29 is 13.2 Å². The summed E-state index contributed by atoms with van der Waals surface area (Å²) >= 11 is 17.6. The highest BCUT2D eigenvalue weighted by atomic mass is 35.5. The van der Waals surface area contributed by atoms with E-state index >= 15 is 0 Å². The molecule has 1 aromatic carbocycles. The summed E-state index contributed by atoms with van der Waals surface area (Å²) in [4.78, 5) is 3.31. The highest BCUT2D eigenvalue weighted by molar-refractivity contribution is 6.44. The van der Waals surface area contributed by atoms with Gasteiger partial charge >= 0.3 is 6.18 Å². The van der Waals surface area contributed by atoms with E-state index in [4.69, 9.17) is 40.1 Å². The molecule has 0 aliphatic heterocycles. The Kier molecular flexibility index (Phi) is 4.33. The predicted molar refractivity (Wildman–Crippen MR) is 74.4 cm³/mol. The molecule has 0 aliphatic carbocycles. The van der Waals surface area contributed by atoms with Crippen LogP contribution in [0.15, 0.2) is 24.3 Å². The molecule has 0 N–H and O–H groups in total. The van der Waals surface area contributed by atoms with E-state index in [-0.39, 0.29) is 26.2 Å². The first-order chi connectivity index (χ1) is 9.74. The summed E-state index contributed by atoms with van der Waals surface area (Å²) in [5, 5.41) is 9.52. The van der Waals surface area contributed by atoms with Gasteiger partial charge in [0.1, 0.15) is 17.5 Å². The molecule has 2 nitrogen and oxygen atoms in total. The summed E-state index contributed by atoms with van der Waals surface area (Å²) in [6.07, 6.45) is -4.63. The molecule has 0 saturated heterocycles. The lowest BCUT2D eigenvalue weighted by Gasteiger charge is -2.11. The number of hydrogen-bond acceptors (Lipinski definition) is 2. The Labute approximate surface area is 132 Å². The molecule has 0 fully saturated rings. The van der Waals surface area contributed by atoms with Crippen LogP contribution < -0.4 is 0 Å². The summed E-state index contributed by atoms with van der Waals surface area (Å²) in [6.45, 7) is 0. The molecule has 0 spiro atoms. The van der Waals surface area contributed by atoms with Gasteiger partial charge in [-0.25, -0.2) is 4.98 Å². The van der Waals surface area contributed by atoms with Crippen LogP contribution in [-0.2, 0) is 6.18 Å². The van der Waals surface area contributed by atoms with E-state index in [1.54, 1.807) is 6.07 Å². The Morgan fingerprint density at radius 3 is 2.14 bits per heavy atom. The number of benzene rings is 1. The number of aromatic nitrogens is 1. The molecule has 0 bridgehead atoms. The van der Waals surface area contributed by atoms with Crippen molar-refractivity contribution in [1.29, 1.82) is 5.26 Å². The summed E-state index contributed by atoms with van der Waals surface area (Å²) in [6, 6.07) is 6.24. The summed E-state index contributed by atoms with van der Waals surface area (Å²) in [5.41, 5.74) is -1.12. The molecule has 8 heteroatoms. The number of nitriles is 1. The third-order valence-corrected chi connectivity index (χ3v) is 3.63. The minimum absolute atomic E-state index is 0.147. The lowest BCUT2D eigenvalue weighted by molar-refractivity contribution is -0.141. The number of halogens is 6. The second kappa shape index (κ2) is 5.72. The Hall–Kier alpha value is -1.48. The van der Waals surface area contributed by atoms with Gasteiger partial charge in [-0.1, -0.05) is 34.8 Å². The Morgan fingerprint density at radius 2 is 1.57 bits per heavy atom. The highest BCUT2D eigenvalue weighted by Gasteiger charge is 2.33. The maximum absolute atomic E-state index is 12.6. The quantitative estimate of drug-likeness (QED) is 0.627. The summed E-state index contributed by atoms with van der Waals surface area (Å²) in [5.74, 6) is 0. The molecule has 0 saturated carbocycles. The monoisotopic (exact) mass is 350 g/mol. The fourth-order valence-electron chi connectivity index (χ4n) is 1.65. The van der Waals surface area contributed by atoms with Gasteiger partial charge in [0.25, 0.3) is 0 Å². The van der Waals surface area contributed by atoms with E-state index in [0.29, 0.717) is 0 Å². The molecule has 0 unspecified atom stereocenters. The third-order valence-electron chi connectivity index (χ3n) is 2.59. The van der Waals surface area contributed by atoms with Crippen LogP contribution in [-0.4, -0.2) is 4.98 Å². The maximum Gasteiger partial charge on any atom is 0.433 e. The minimum atomic E-state index is -4.63. The Balaban J connectivity index is 2.66. The smallest absolute Gasteiger partial charge is 0.232 e. The SMILES string of the molecule is N#Cc1nc(C(F)(F)F)ccc1-c1cc(Cl)c(Cl)cc1Cl. The van der Waals surface area contributed by atoms with Crippen molar-refractivity contribution in [3.8, 4) is 17.2 Å². The van der Waals surface area contributed by atoms with E-state index in [0.717, 1.165) is 12.1 Å². The van der Waals surface area contributed by atoms with Crippen molar-refractivity contribution in [3.63, 3.8) is 0 Å². The van der Waals surface area contributed by atoms with E-state index in [1.165, 1.54) is 12.1 Å². The Morgan fingerprint density at radius 1 is 0.952 bits per heavy atom. The molecule has 0 amide bonds. The van der Waals surface area contributed by atoms with Gasteiger partial charge in [-0.15, -0.1) is 0 Å². The molecular formula is C13H4Cl3F3N2. The van der Waals surface area contributed by atoms with E-state index in [1.807, 2.05) is 0 Å². The first-order valence-corrected chi connectivity index (χ1v) is 6.50. The van der Waals surface area contributed by atoms with Crippen LogP contribution in [0.1, 0.15) is 11.4 Å².